The molecule has 0 saturated carbocycles. The molecule has 0 fully saturated rings. The number of nitrogens with zero attached hydrogens (tertiary/aromatic N) is 1. The molecule has 1 heterocycles. The molecule has 0 amide bonds. The van der Waals surface area contributed by atoms with Crippen LogP contribution in [0.15, 0.2) is 41.8 Å². The molecule has 0 spiro atoms. The van der Waals surface area contributed by atoms with Crippen LogP contribution in [0.1, 0.15) is 0 Å². The van der Waals surface area contributed by atoms with Gasteiger partial charge in [-0.05, 0) is 24.3 Å². The summed E-state index contributed by atoms with van der Waals surface area (Å²) in [6, 6.07) is 9.13. The fourth-order valence-electron chi connectivity index (χ4n) is 1.92. The molecule has 3 rings (SSSR count). The second-order valence-corrected chi connectivity index (χ2v) is 5.24. The molecule has 0 aliphatic carbocycles. The van der Waals surface area contributed by atoms with Crippen LogP contribution in [-0.4, -0.2) is 4.98 Å². The van der Waals surface area contributed by atoms with Crippen LogP contribution in [0.2, 0.25) is 0 Å². The summed E-state index contributed by atoms with van der Waals surface area (Å²) in [7, 11) is 0. The van der Waals surface area contributed by atoms with E-state index < -0.39 is 17.5 Å². The van der Waals surface area contributed by atoms with Gasteiger partial charge in [0, 0.05) is 22.2 Å². The van der Waals surface area contributed by atoms with Crippen LogP contribution < -0.4 is 5.73 Å². The third kappa shape index (κ3) is 2.50. The molecule has 0 aliphatic rings. The van der Waals surface area contributed by atoms with Gasteiger partial charge < -0.3 is 5.73 Å². The highest BCUT2D eigenvalue weighted by Gasteiger charge is 2.17. The van der Waals surface area contributed by atoms with E-state index in [4.69, 9.17) is 5.73 Å². The Bertz CT molecular complexity index is 814. The molecule has 6 heteroatoms. The van der Waals surface area contributed by atoms with Crippen molar-refractivity contribution in [3.05, 3.63) is 59.2 Å². The minimum Gasteiger partial charge on any atom is -0.399 e. The van der Waals surface area contributed by atoms with Crippen molar-refractivity contribution in [2.45, 2.75) is 0 Å². The number of thiazole rings is 1. The first-order valence-electron chi connectivity index (χ1n) is 6.01. The van der Waals surface area contributed by atoms with E-state index in [1.54, 1.807) is 23.6 Å². The Balaban J connectivity index is 2.05. The Morgan fingerprint density at radius 2 is 1.81 bits per heavy atom. The zero-order chi connectivity index (χ0) is 15.0. The zero-order valence-corrected chi connectivity index (χ0v) is 11.4. The fraction of sp³-hybridized carbons (Fsp3) is 0. The van der Waals surface area contributed by atoms with Crippen LogP contribution in [0.3, 0.4) is 0 Å². The number of benzene rings is 2. The lowest BCUT2D eigenvalue weighted by molar-refractivity contribution is 0.449. The molecule has 0 aliphatic heterocycles. The van der Waals surface area contributed by atoms with Gasteiger partial charge in [-0.2, -0.15) is 0 Å². The van der Waals surface area contributed by atoms with Crippen LogP contribution in [-0.2, 0) is 0 Å². The molecular weight excluding hydrogens is 297 g/mol. The van der Waals surface area contributed by atoms with Crippen molar-refractivity contribution in [3.63, 3.8) is 0 Å². The minimum absolute atomic E-state index is 0.0611. The SMILES string of the molecule is Nc1cccc(-c2csc(-c3ccc(F)c(F)c3F)n2)c1. The number of hydrogen-bond acceptors (Lipinski definition) is 3. The number of halogens is 3. The maximum atomic E-state index is 13.8. The van der Waals surface area contributed by atoms with E-state index in [9.17, 15) is 13.2 Å². The average molecular weight is 306 g/mol. The summed E-state index contributed by atoms with van der Waals surface area (Å²) in [5.74, 6) is -3.94. The molecule has 0 saturated heterocycles. The summed E-state index contributed by atoms with van der Waals surface area (Å²) in [4.78, 5) is 4.26. The van der Waals surface area contributed by atoms with Crippen LogP contribution >= 0.6 is 11.3 Å². The van der Waals surface area contributed by atoms with Gasteiger partial charge in [-0.1, -0.05) is 12.1 Å². The number of aromatic nitrogens is 1. The smallest absolute Gasteiger partial charge is 0.195 e. The van der Waals surface area contributed by atoms with Crippen molar-refractivity contribution < 1.29 is 13.2 Å². The molecule has 2 N–H and O–H groups in total. The molecule has 0 bridgehead atoms. The van der Waals surface area contributed by atoms with E-state index in [1.165, 1.54) is 6.07 Å². The van der Waals surface area contributed by atoms with Gasteiger partial charge in [-0.15, -0.1) is 11.3 Å². The maximum absolute atomic E-state index is 13.8. The van der Waals surface area contributed by atoms with Crippen LogP contribution in [0.5, 0.6) is 0 Å². The van der Waals surface area contributed by atoms with E-state index >= 15 is 0 Å². The summed E-state index contributed by atoms with van der Waals surface area (Å²) in [6.45, 7) is 0. The summed E-state index contributed by atoms with van der Waals surface area (Å²) in [5, 5.41) is 1.99. The predicted octanol–water partition coefficient (Wildman–Crippen LogP) is 4.48. The van der Waals surface area contributed by atoms with E-state index in [0.717, 1.165) is 23.0 Å². The Hall–Kier alpha value is -2.34. The summed E-state index contributed by atoms with van der Waals surface area (Å²) in [5.41, 5.74) is 7.60. The lowest BCUT2D eigenvalue weighted by Gasteiger charge is -2.01. The van der Waals surface area contributed by atoms with Crippen LogP contribution in [0.4, 0.5) is 18.9 Å². The molecule has 2 aromatic carbocycles. The van der Waals surface area contributed by atoms with Gasteiger partial charge in [0.15, 0.2) is 17.5 Å². The average Bonchev–Trinajstić information content (AvgIpc) is 2.94. The fourth-order valence-corrected chi connectivity index (χ4v) is 2.77. The normalized spacial score (nSPS) is 10.8. The first kappa shape index (κ1) is 13.6. The van der Waals surface area contributed by atoms with E-state index in [-0.39, 0.29) is 10.6 Å². The van der Waals surface area contributed by atoms with Gasteiger partial charge in [-0.25, -0.2) is 18.2 Å². The van der Waals surface area contributed by atoms with Crippen molar-refractivity contribution in [1.29, 1.82) is 0 Å². The van der Waals surface area contributed by atoms with Gasteiger partial charge in [0.25, 0.3) is 0 Å². The highest BCUT2D eigenvalue weighted by Crippen LogP contribution is 2.32. The van der Waals surface area contributed by atoms with Crippen LogP contribution in [0.25, 0.3) is 21.8 Å². The molecule has 106 valence electrons. The van der Waals surface area contributed by atoms with Crippen LogP contribution in [0, 0.1) is 17.5 Å². The quantitative estimate of drug-likeness (QED) is 0.560. The van der Waals surface area contributed by atoms with Gasteiger partial charge in [0.2, 0.25) is 0 Å². The molecule has 21 heavy (non-hydrogen) atoms. The number of nitrogens with two attached hydrogens (primary N) is 1. The highest BCUT2D eigenvalue weighted by molar-refractivity contribution is 7.13. The van der Waals surface area contributed by atoms with Crippen molar-refractivity contribution in [1.82, 2.24) is 4.98 Å². The summed E-state index contributed by atoms with van der Waals surface area (Å²) >= 11 is 1.15. The Morgan fingerprint density at radius 1 is 1.00 bits per heavy atom. The molecule has 0 unspecified atom stereocenters. The first-order valence-corrected chi connectivity index (χ1v) is 6.89. The number of rotatable bonds is 2. The van der Waals surface area contributed by atoms with Crippen molar-refractivity contribution >= 4 is 17.0 Å². The van der Waals surface area contributed by atoms with Gasteiger partial charge in [-0.3, -0.25) is 0 Å². The second-order valence-electron chi connectivity index (χ2n) is 4.39. The predicted molar refractivity (Wildman–Crippen MR) is 77.3 cm³/mol. The largest absolute Gasteiger partial charge is 0.399 e. The van der Waals surface area contributed by atoms with E-state index in [0.29, 0.717) is 11.4 Å². The standard InChI is InChI=1S/C15H9F3N2S/c16-11-5-4-10(13(17)14(11)18)15-20-12(7-21-15)8-2-1-3-9(19)6-8/h1-7H,19H2. The number of nitrogen functional groups attached to an aromatic ring is 1. The monoisotopic (exact) mass is 306 g/mol. The molecule has 0 radical (unpaired) electrons. The van der Waals surface area contributed by atoms with E-state index in [2.05, 4.69) is 4.98 Å². The lowest BCUT2D eigenvalue weighted by Crippen LogP contribution is -1.93. The highest BCUT2D eigenvalue weighted by atomic mass is 32.1. The molecule has 2 nitrogen and oxygen atoms in total. The molecular formula is C15H9F3N2S. The van der Waals surface area contributed by atoms with Gasteiger partial charge >= 0.3 is 0 Å². The van der Waals surface area contributed by atoms with E-state index in [1.807, 2.05) is 6.07 Å². The van der Waals surface area contributed by atoms with Gasteiger partial charge in [0.05, 0.1) is 5.69 Å². The molecule has 1 aromatic heterocycles. The van der Waals surface area contributed by atoms with Crippen molar-refractivity contribution in [3.8, 4) is 21.8 Å². The number of hydrogen-bond donors (Lipinski definition) is 1. The first-order chi connectivity index (χ1) is 10.1. The Labute approximate surface area is 122 Å². The number of anilines is 1. The van der Waals surface area contributed by atoms with Crippen molar-refractivity contribution in [2.24, 2.45) is 0 Å². The maximum Gasteiger partial charge on any atom is 0.195 e. The van der Waals surface area contributed by atoms with Crippen molar-refractivity contribution in [2.75, 3.05) is 5.73 Å². The Kier molecular flexibility index (Phi) is 3.39. The molecule has 3 aromatic rings. The summed E-state index contributed by atoms with van der Waals surface area (Å²) in [6.07, 6.45) is 0. The molecule has 0 atom stereocenters. The third-order valence-corrected chi connectivity index (χ3v) is 3.83. The second kappa shape index (κ2) is 5.21. The summed E-state index contributed by atoms with van der Waals surface area (Å²) < 4.78 is 40.0. The Morgan fingerprint density at radius 3 is 2.57 bits per heavy atom. The van der Waals surface area contributed by atoms with Gasteiger partial charge in [0.1, 0.15) is 5.01 Å². The third-order valence-electron chi connectivity index (χ3n) is 2.95. The lowest BCUT2D eigenvalue weighted by atomic mass is 10.1. The minimum atomic E-state index is -1.49. The zero-order valence-electron chi connectivity index (χ0n) is 10.6. The topological polar surface area (TPSA) is 38.9 Å².